The maximum Gasteiger partial charge on any atom is 0.176 e. The van der Waals surface area contributed by atoms with Crippen molar-refractivity contribution in [3.63, 3.8) is 0 Å². The maximum atomic E-state index is 11.4. The number of aryl methyl sites for hydroxylation is 2. The fourth-order valence-corrected chi connectivity index (χ4v) is 1.86. The first-order valence-corrected chi connectivity index (χ1v) is 5.23. The van der Waals surface area contributed by atoms with E-state index in [-0.39, 0.29) is 5.78 Å². The lowest BCUT2D eigenvalue weighted by atomic mass is 10.3. The lowest BCUT2D eigenvalue weighted by Gasteiger charge is -2.06. The number of carbonyl (C=O) groups excluding carboxylic acids is 1. The second kappa shape index (κ2) is 3.96. The molecule has 0 radical (unpaired) electrons. The monoisotopic (exact) mass is 217 g/mol. The Balaban J connectivity index is 2.30. The van der Waals surface area contributed by atoms with Crippen LogP contribution in [0.25, 0.3) is 0 Å². The van der Waals surface area contributed by atoms with Gasteiger partial charge in [-0.1, -0.05) is 0 Å². The first-order chi connectivity index (χ1) is 7.58. The van der Waals surface area contributed by atoms with Gasteiger partial charge in [0.05, 0.1) is 23.6 Å². The highest BCUT2D eigenvalue weighted by atomic mass is 16.1. The summed E-state index contributed by atoms with van der Waals surface area (Å²) in [6.07, 6.45) is 1.92. The van der Waals surface area contributed by atoms with E-state index < -0.39 is 0 Å². The standard InChI is InChI=1S/C12H15N3O/c1-9-7-11(14(3)13-9)8-15-6-4-5-12(15)10(2)16/h4-7H,8H2,1-3H3. The second-order valence-corrected chi connectivity index (χ2v) is 3.98. The zero-order chi connectivity index (χ0) is 11.7. The number of aromatic nitrogens is 3. The number of nitrogens with zero attached hydrogens (tertiary/aromatic N) is 3. The fraction of sp³-hybridized carbons (Fsp3) is 0.333. The summed E-state index contributed by atoms with van der Waals surface area (Å²) in [6.45, 7) is 4.23. The van der Waals surface area contributed by atoms with E-state index in [1.54, 1.807) is 6.92 Å². The van der Waals surface area contributed by atoms with Crippen molar-refractivity contribution in [1.82, 2.24) is 14.3 Å². The highest BCUT2D eigenvalue weighted by Crippen LogP contribution is 2.09. The van der Waals surface area contributed by atoms with E-state index >= 15 is 0 Å². The zero-order valence-electron chi connectivity index (χ0n) is 9.77. The lowest BCUT2D eigenvalue weighted by Crippen LogP contribution is -2.09. The Morgan fingerprint density at radius 2 is 2.25 bits per heavy atom. The molecule has 2 heterocycles. The highest BCUT2D eigenvalue weighted by molar-refractivity contribution is 5.92. The minimum atomic E-state index is 0.0869. The van der Waals surface area contributed by atoms with Gasteiger partial charge < -0.3 is 4.57 Å². The molecule has 0 aliphatic heterocycles. The molecule has 0 unspecified atom stereocenters. The SMILES string of the molecule is CC(=O)c1cccn1Cc1cc(C)nn1C. The summed E-state index contributed by atoms with van der Waals surface area (Å²) in [6, 6.07) is 5.76. The van der Waals surface area contributed by atoms with E-state index in [0.29, 0.717) is 6.54 Å². The van der Waals surface area contributed by atoms with E-state index in [9.17, 15) is 4.79 Å². The van der Waals surface area contributed by atoms with Gasteiger partial charge in [-0.25, -0.2) is 0 Å². The smallest absolute Gasteiger partial charge is 0.176 e. The molecular weight excluding hydrogens is 202 g/mol. The largest absolute Gasteiger partial charge is 0.339 e. The minimum Gasteiger partial charge on any atom is -0.339 e. The first kappa shape index (κ1) is 10.7. The summed E-state index contributed by atoms with van der Waals surface area (Å²) < 4.78 is 3.79. The Bertz CT molecular complexity index is 522. The van der Waals surface area contributed by atoms with Crippen LogP contribution in [0.2, 0.25) is 0 Å². The first-order valence-electron chi connectivity index (χ1n) is 5.23. The van der Waals surface area contributed by atoms with Crippen molar-refractivity contribution in [2.24, 2.45) is 7.05 Å². The molecule has 0 saturated carbocycles. The molecule has 4 heteroatoms. The van der Waals surface area contributed by atoms with E-state index in [4.69, 9.17) is 0 Å². The van der Waals surface area contributed by atoms with Gasteiger partial charge in [-0.3, -0.25) is 9.48 Å². The Hall–Kier alpha value is -1.84. The summed E-state index contributed by atoms with van der Waals surface area (Å²) in [5.41, 5.74) is 2.82. The van der Waals surface area contributed by atoms with Crippen molar-refractivity contribution >= 4 is 5.78 Å². The van der Waals surface area contributed by atoms with Gasteiger partial charge in [0.2, 0.25) is 0 Å². The van der Waals surface area contributed by atoms with Crippen LogP contribution in [0.1, 0.15) is 28.8 Å². The van der Waals surface area contributed by atoms with Gasteiger partial charge in [-0.15, -0.1) is 0 Å². The van der Waals surface area contributed by atoms with Gasteiger partial charge in [-0.05, 0) is 25.1 Å². The van der Waals surface area contributed by atoms with Crippen LogP contribution in [-0.4, -0.2) is 20.1 Å². The van der Waals surface area contributed by atoms with E-state index in [2.05, 4.69) is 5.10 Å². The zero-order valence-corrected chi connectivity index (χ0v) is 9.77. The minimum absolute atomic E-state index is 0.0869. The van der Waals surface area contributed by atoms with Gasteiger partial charge in [-0.2, -0.15) is 5.10 Å². The highest BCUT2D eigenvalue weighted by Gasteiger charge is 2.08. The Kier molecular flexibility index (Phi) is 2.64. The molecule has 0 saturated heterocycles. The van der Waals surface area contributed by atoms with Gasteiger partial charge in [0.15, 0.2) is 5.78 Å². The summed E-state index contributed by atoms with van der Waals surface area (Å²) >= 11 is 0. The van der Waals surface area contributed by atoms with Crippen molar-refractivity contribution in [3.05, 3.63) is 41.5 Å². The average molecular weight is 217 g/mol. The Morgan fingerprint density at radius 1 is 1.50 bits per heavy atom. The molecule has 2 aromatic heterocycles. The van der Waals surface area contributed by atoms with Crippen molar-refractivity contribution < 1.29 is 4.79 Å². The van der Waals surface area contributed by atoms with Crippen molar-refractivity contribution in [2.45, 2.75) is 20.4 Å². The molecule has 2 rings (SSSR count). The van der Waals surface area contributed by atoms with Gasteiger partial charge in [0.25, 0.3) is 0 Å². The number of Topliss-reactive ketones (excluding diaryl/α,β-unsaturated/α-hetero) is 1. The Morgan fingerprint density at radius 3 is 2.81 bits per heavy atom. The molecule has 84 valence electrons. The second-order valence-electron chi connectivity index (χ2n) is 3.98. The topological polar surface area (TPSA) is 39.8 Å². The van der Waals surface area contributed by atoms with Gasteiger partial charge in [0, 0.05) is 20.2 Å². The third-order valence-electron chi connectivity index (χ3n) is 2.62. The van der Waals surface area contributed by atoms with Gasteiger partial charge >= 0.3 is 0 Å². The molecule has 0 spiro atoms. The number of carbonyl (C=O) groups is 1. The van der Waals surface area contributed by atoms with Crippen molar-refractivity contribution in [2.75, 3.05) is 0 Å². The van der Waals surface area contributed by atoms with Crippen LogP contribution in [0.3, 0.4) is 0 Å². The summed E-state index contributed by atoms with van der Waals surface area (Å²) in [7, 11) is 1.92. The van der Waals surface area contributed by atoms with Crippen LogP contribution >= 0.6 is 0 Å². The van der Waals surface area contributed by atoms with Gasteiger partial charge in [0.1, 0.15) is 0 Å². The number of ketones is 1. The molecule has 0 atom stereocenters. The molecule has 0 bridgehead atoms. The van der Waals surface area contributed by atoms with E-state index in [0.717, 1.165) is 17.1 Å². The van der Waals surface area contributed by atoms with Crippen molar-refractivity contribution in [3.8, 4) is 0 Å². The molecule has 0 N–H and O–H groups in total. The Labute approximate surface area is 94.5 Å². The maximum absolute atomic E-state index is 11.4. The quantitative estimate of drug-likeness (QED) is 0.735. The predicted molar refractivity (Wildman–Crippen MR) is 61.5 cm³/mol. The molecular formula is C12H15N3O. The third-order valence-corrected chi connectivity index (χ3v) is 2.62. The normalized spacial score (nSPS) is 10.7. The van der Waals surface area contributed by atoms with Crippen LogP contribution in [0.4, 0.5) is 0 Å². The number of rotatable bonds is 3. The lowest BCUT2D eigenvalue weighted by molar-refractivity contribution is 0.100. The van der Waals surface area contributed by atoms with Crippen LogP contribution in [0.15, 0.2) is 24.4 Å². The van der Waals surface area contributed by atoms with Crippen LogP contribution in [0, 0.1) is 6.92 Å². The molecule has 2 aromatic rings. The molecule has 0 aliphatic carbocycles. The summed E-state index contributed by atoms with van der Waals surface area (Å²) in [4.78, 5) is 11.4. The van der Waals surface area contributed by atoms with Crippen LogP contribution < -0.4 is 0 Å². The summed E-state index contributed by atoms with van der Waals surface area (Å²) in [5.74, 6) is 0.0869. The van der Waals surface area contributed by atoms with E-state index in [1.165, 1.54) is 0 Å². The molecule has 0 aliphatic rings. The number of hydrogen-bond acceptors (Lipinski definition) is 2. The fourth-order valence-electron chi connectivity index (χ4n) is 1.86. The van der Waals surface area contributed by atoms with E-state index in [1.807, 2.05) is 47.6 Å². The molecule has 0 amide bonds. The van der Waals surface area contributed by atoms with Crippen LogP contribution in [-0.2, 0) is 13.6 Å². The summed E-state index contributed by atoms with van der Waals surface area (Å²) in [5, 5.41) is 4.28. The average Bonchev–Trinajstić information content (AvgIpc) is 2.75. The van der Waals surface area contributed by atoms with Crippen LogP contribution in [0.5, 0.6) is 0 Å². The third kappa shape index (κ3) is 1.91. The number of hydrogen-bond donors (Lipinski definition) is 0. The molecule has 0 fully saturated rings. The predicted octanol–water partition coefficient (Wildman–Crippen LogP) is 1.78. The molecule has 0 aromatic carbocycles. The molecule has 4 nitrogen and oxygen atoms in total. The molecule has 16 heavy (non-hydrogen) atoms. The van der Waals surface area contributed by atoms with Crippen molar-refractivity contribution in [1.29, 1.82) is 0 Å².